The number of rotatable bonds is 11. The van der Waals surface area contributed by atoms with Gasteiger partial charge in [0.1, 0.15) is 28.4 Å². The number of hydrogen-bond donors (Lipinski definition) is 3. The number of furan rings is 1. The average molecular weight is 692 g/mol. The fourth-order valence-corrected chi connectivity index (χ4v) is 6.61. The quantitative estimate of drug-likeness (QED) is 0.158. The van der Waals surface area contributed by atoms with Crippen molar-refractivity contribution in [3.63, 3.8) is 0 Å². The summed E-state index contributed by atoms with van der Waals surface area (Å²) >= 11 is 0. The van der Waals surface area contributed by atoms with Crippen LogP contribution in [-0.4, -0.2) is 69.7 Å². The molecule has 2 aromatic heterocycles. The number of hydrogen-bond acceptors (Lipinski definition) is 9. The highest BCUT2D eigenvalue weighted by atomic mass is 32.2. The first-order chi connectivity index (χ1) is 23.5. The summed E-state index contributed by atoms with van der Waals surface area (Å²) < 4.78 is 73.8. The summed E-state index contributed by atoms with van der Waals surface area (Å²) in [6, 6.07) is 17.6. The van der Waals surface area contributed by atoms with Crippen molar-refractivity contribution >= 4 is 43.7 Å². The Bertz CT molecular complexity index is 2300. The van der Waals surface area contributed by atoms with E-state index in [2.05, 4.69) is 10.3 Å². The lowest BCUT2D eigenvalue weighted by atomic mass is 9.96. The molecule has 0 unspecified atom stereocenters. The number of nitrogens with zero attached hydrogens (tertiary/aromatic N) is 2. The number of aliphatic hydroxyl groups excluding tert-OH is 2. The fourth-order valence-electron chi connectivity index (χ4n) is 5.62. The Morgan fingerprint density at radius 2 is 1.67 bits per heavy atom. The van der Waals surface area contributed by atoms with Crippen molar-refractivity contribution in [3.05, 3.63) is 90.0 Å². The topological polar surface area (TPSA) is 155 Å². The second-order valence-electron chi connectivity index (χ2n) is 11.3. The number of sulfonamides is 1. The number of methoxy groups -OCH3 is 1. The van der Waals surface area contributed by atoms with Crippen LogP contribution in [0.2, 0.25) is 0 Å². The highest BCUT2D eigenvalue weighted by Gasteiger charge is 2.29. The van der Waals surface area contributed by atoms with Gasteiger partial charge in [0.05, 0.1) is 30.2 Å². The second-order valence-corrected chi connectivity index (χ2v) is 13.2. The molecule has 0 aliphatic heterocycles. The molecule has 14 heteroatoms. The van der Waals surface area contributed by atoms with Gasteiger partial charge in [0, 0.05) is 55.3 Å². The Kier molecular flexibility index (Phi) is 9.12. The minimum atomic E-state index is -4.06. The lowest BCUT2D eigenvalue weighted by molar-refractivity contribution is 0.0964. The van der Waals surface area contributed by atoms with E-state index >= 15 is 0 Å². The van der Waals surface area contributed by atoms with Crippen molar-refractivity contribution in [1.29, 1.82) is 0 Å². The van der Waals surface area contributed by atoms with Gasteiger partial charge >= 0.3 is 0 Å². The van der Waals surface area contributed by atoms with Crippen LogP contribution in [0, 0.1) is 17.6 Å². The molecule has 0 atom stereocenters. The van der Waals surface area contributed by atoms with E-state index in [4.69, 9.17) is 13.6 Å². The van der Waals surface area contributed by atoms with Crippen LogP contribution in [0.3, 0.4) is 0 Å². The summed E-state index contributed by atoms with van der Waals surface area (Å²) in [6.07, 6.45) is 0.987. The number of benzene rings is 4. The molecule has 0 bridgehead atoms. The Hall–Kier alpha value is -5.31. The van der Waals surface area contributed by atoms with E-state index in [0.717, 1.165) is 10.6 Å². The maximum Gasteiger partial charge on any atom is 0.255 e. The van der Waals surface area contributed by atoms with Gasteiger partial charge in [-0.1, -0.05) is 12.1 Å². The smallest absolute Gasteiger partial charge is 0.255 e. The number of carbonyl (C=O) groups is 1. The number of nitrogens with one attached hydrogen (secondary N) is 1. The summed E-state index contributed by atoms with van der Waals surface area (Å²) in [4.78, 5) is 17.7. The number of aliphatic hydroxyl groups is 2. The minimum Gasteiger partial charge on any atom is -0.496 e. The number of oxazole rings is 1. The standard InChI is InChI=1S/C35H31F2N3O8S/c1-38-34(43)31-24-14-23(21-9-12-28(46-2)25(13-21)35-39-32-26(37)5-4-6-29(32)48-35)27(40(49(3,44)45)16-19(17-41)18-42)15-30(24)47-33(31)20-7-10-22(36)11-8-20/h4-15,19,41-42H,16-18H2,1-3H3,(H,38,43). The van der Waals surface area contributed by atoms with Crippen LogP contribution in [-0.2, 0) is 10.0 Å². The Morgan fingerprint density at radius 1 is 0.959 bits per heavy atom. The maximum absolute atomic E-state index is 14.6. The molecule has 6 aromatic rings. The number of fused-ring (bicyclic) bond motifs is 2. The lowest BCUT2D eigenvalue weighted by Crippen LogP contribution is -2.37. The Balaban J connectivity index is 1.67. The zero-order chi connectivity index (χ0) is 35.0. The van der Waals surface area contributed by atoms with Crippen molar-refractivity contribution < 1.29 is 45.8 Å². The summed E-state index contributed by atoms with van der Waals surface area (Å²) in [5.74, 6) is -1.94. The molecule has 0 saturated carbocycles. The third-order valence-electron chi connectivity index (χ3n) is 8.09. The maximum atomic E-state index is 14.6. The van der Waals surface area contributed by atoms with Gasteiger partial charge in [-0.2, -0.15) is 0 Å². The molecular weight excluding hydrogens is 660 g/mol. The van der Waals surface area contributed by atoms with Crippen LogP contribution in [0.5, 0.6) is 5.75 Å². The fraction of sp³-hybridized carbons (Fsp3) is 0.200. The van der Waals surface area contributed by atoms with Crippen LogP contribution >= 0.6 is 0 Å². The summed E-state index contributed by atoms with van der Waals surface area (Å²) in [5.41, 5.74) is 2.01. The molecule has 0 saturated heterocycles. The zero-order valence-corrected chi connectivity index (χ0v) is 27.3. The summed E-state index contributed by atoms with van der Waals surface area (Å²) in [6.45, 7) is -1.31. The van der Waals surface area contributed by atoms with Gasteiger partial charge in [-0.05, 0) is 60.2 Å². The van der Waals surface area contributed by atoms with E-state index < -0.39 is 46.7 Å². The van der Waals surface area contributed by atoms with Gasteiger partial charge in [0.2, 0.25) is 15.9 Å². The molecule has 254 valence electrons. The van der Waals surface area contributed by atoms with Gasteiger partial charge < -0.3 is 29.1 Å². The second kappa shape index (κ2) is 13.3. The first-order valence-electron chi connectivity index (χ1n) is 15.0. The predicted molar refractivity (Wildman–Crippen MR) is 180 cm³/mol. The molecule has 0 aliphatic carbocycles. The summed E-state index contributed by atoms with van der Waals surface area (Å²) in [7, 11) is -1.18. The van der Waals surface area contributed by atoms with Crippen LogP contribution in [0.25, 0.3) is 56.0 Å². The third-order valence-corrected chi connectivity index (χ3v) is 9.23. The van der Waals surface area contributed by atoms with Gasteiger partial charge in [-0.3, -0.25) is 9.10 Å². The molecule has 11 nitrogen and oxygen atoms in total. The first-order valence-corrected chi connectivity index (χ1v) is 16.8. The SMILES string of the molecule is CNC(=O)c1c(-c2ccc(F)cc2)oc2cc(N(CC(CO)CO)S(C)(=O)=O)c(-c3ccc(OC)c(-c4nc5c(F)cccc5o4)c3)cc12. The number of anilines is 1. The molecule has 1 amide bonds. The normalized spacial score (nSPS) is 11.8. The summed E-state index contributed by atoms with van der Waals surface area (Å²) in [5, 5.41) is 22.7. The van der Waals surface area contributed by atoms with E-state index in [1.165, 1.54) is 56.6 Å². The largest absolute Gasteiger partial charge is 0.496 e. The third kappa shape index (κ3) is 6.33. The Morgan fingerprint density at radius 3 is 2.31 bits per heavy atom. The van der Waals surface area contributed by atoms with Gasteiger partial charge in [0.15, 0.2) is 11.4 Å². The van der Waals surface area contributed by atoms with Gasteiger partial charge in [-0.25, -0.2) is 22.2 Å². The number of para-hydroxylation sites is 1. The van der Waals surface area contributed by atoms with Crippen LogP contribution in [0.1, 0.15) is 10.4 Å². The van der Waals surface area contributed by atoms with Crippen molar-refractivity contribution in [2.24, 2.45) is 5.92 Å². The highest BCUT2D eigenvalue weighted by molar-refractivity contribution is 7.92. The molecule has 0 radical (unpaired) electrons. The zero-order valence-electron chi connectivity index (χ0n) is 26.5. The van der Waals surface area contributed by atoms with E-state index in [0.29, 0.717) is 33.4 Å². The number of aromatic nitrogens is 1. The number of carbonyl (C=O) groups excluding carboxylic acids is 1. The average Bonchev–Trinajstić information content (AvgIpc) is 3.70. The van der Waals surface area contributed by atoms with E-state index in [9.17, 15) is 32.2 Å². The number of ether oxygens (including phenoxy) is 1. The molecule has 4 aromatic carbocycles. The van der Waals surface area contributed by atoms with Crippen LogP contribution in [0.15, 0.2) is 81.6 Å². The highest BCUT2D eigenvalue weighted by Crippen LogP contribution is 2.44. The van der Waals surface area contributed by atoms with Crippen LogP contribution in [0.4, 0.5) is 14.5 Å². The lowest BCUT2D eigenvalue weighted by Gasteiger charge is -2.28. The van der Waals surface area contributed by atoms with Gasteiger partial charge in [-0.15, -0.1) is 0 Å². The molecule has 0 aliphatic rings. The molecule has 0 fully saturated rings. The molecule has 0 spiro atoms. The van der Waals surface area contributed by atoms with Crippen molar-refractivity contribution in [3.8, 4) is 39.7 Å². The monoisotopic (exact) mass is 691 g/mol. The van der Waals surface area contributed by atoms with E-state index in [-0.39, 0.29) is 46.1 Å². The molecule has 3 N–H and O–H groups in total. The molecular formula is C35H31F2N3O8S. The predicted octanol–water partition coefficient (Wildman–Crippen LogP) is 5.59. The van der Waals surface area contributed by atoms with E-state index in [1.807, 2.05) is 0 Å². The Labute approximate surface area is 279 Å². The van der Waals surface area contributed by atoms with Crippen LogP contribution < -0.4 is 14.4 Å². The minimum absolute atomic E-state index is 0.0105. The van der Waals surface area contributed by atoms with Crippen molar-refractivity contribution in [2.75, 3.05) is 44.5 Å². The molecule has 2 heterocycles. The van der Waals surface area contributed by atoms with E-state index in [1.54, 1.807) is 30.3 Å². The number of halogens is 2. The van der Waals surface area contributed by atoms with Crippen molar-refractivity contribution in [1.82, 2.24) is 10.3 Å². The van der Waals surface area contributed by atoms with Gasteiger partial charge in [0.25, 0.3) is 5.91 Å². The molecule has 49 heavy (non-hydrogen) atoms. The first kappa shape index (κ1) is 33.6. The number of amides is 1. The molecule has 6 rings (SSSR count). The van der Waals surface area contributed by atoms with Crippen molar-refractivity contribution in [2.45, 2.75) is 0 Å².